The van der Waals surface area contributed by atoms with Crippen molar-refractivity contribution in [2.45, 2.75) is 80.0 Å². The third-order valence-corrected chi connectivity index (χ3v) is 13.3. The number of anilines is 1. The van der Waals surface area contributed by atoms with Crippen LogP contribution in [0, 0.1) is 23.6 Å². The molecular weight excluding hydrogens is 629 g/mol. The lowest BCUT2D eigenvalue weighted by molar-refractivity contribution is -0.141. The van der Waals surface area contributed by atoms with Gasteiger partial charge in [0.2, 0.25) is 20.0 Å². The summed E-state index contributed by atoms with van der Waals surface area (Å²) in [6.07, 6.45) is 8.29. The van der Waals surface area contributed by atoms with Crippen LogP contribution in [0.1, 0.15) is 64.2 Å². The Morgan fingerprint density at radius 2 is 1.45 bits per heavy atom. The summed E-state index contributed by atoms with van der Waals surface area (Å²) in [5.41, 5.74) is 0.818. The summed E-state index contributed by atoms with van der Waals surface area (Å²) < 4.78 is 69.0. The van der Waals surface area contributed by atoms with E-state index in [1.807, 2.05) is 0 Å². The van der Waals surface area contributed by atoms with Crippen molar-refractivity contribution in [3.05, 3.63) is 53.3 Å². The van der Waals surface area contributed by atoms with Gasteiger partial charge in [-0.1, -0.05) is 30.9 Å². The van der Waals surface area contributed by atoms with Crippen LogP contribution in [-0.4, -0.2) is 64.4 Å². The van der Waals surface area contributed by atoms with E-state index in [2.05, 4.69) is 9.62 Å². The number of carboxylic acid groups (broad SMARTS) is 1. The number of hydrogen-bond donors (Lipinski definition) is 2. The number of halogens is 2. The minimum atomic E-state index is -3.81. The first-order valence-corrected chi connectivity index (χ1v) is 18.8. The molecule has 3 fully saturated rings. The number of rotatable bonds is 11. The van der Waals surface area contributed by atoms with E-state index in [-0.39, 0.29) is 16.2 Å². The zero-order valence-electron chi connectivity index (χ0n) is 24.7. The molecule has 13 heteroatoms. The maximum atomic E-state index is 13.2. The van der Waals surface area contributed by atoms with Crippen molar-refractivity contribution in [2.75, 3.05) is 31.1 Å². The van der Waals surface area contributed by atoms with E-state index >= 15 is 0 Å². The lowest BCUT2D eigenvalue weighted by Gasteiger charge is -2.35. The predicted octanol–water partition coefficient (Wildman–Crippen LogP) is 5.50. The summed E-state index contributed by atoms with van der Waals surface area (Å²) in [7, 11) is -7.40. The summed E-state index contributed by atoms with van der Waals surface area (Å²) in [5, 5.41) is 9.57. The van der Waals surface area contributed by atoms with Crippen molar-refractivity contribution in [3.8, 4) is 0 Å². The van der Waals surface area contributed by atoms with Crippen molar-refractivity contribution < 1.29 is 31.1 Å². The number of nitrogens with one attached hydrogen (secondary N) is 1. The topological polar surface area (TPSA) is 124 Å². The number of sulfonamides is 2. The lowest BCUT2D eigenvalue weighted by atomic mass is 9.87. The maximum absolute atomic E-state index is 13.2. The highest BCUT2D eigenvalue weighted by Crippen LogP contribution is 2.35. The highest BCUT2D eigenvalue weighted by molar-refractivity contribution is 7.89. The maximum Gasteiger partial charge on any atom is 0.306 e. The fourth-order valence-electron chi connectivity index (χ4n) is 6.86. The van der Waals surface area contributed by atoms with Gasteiger partial charge in [0.15, 0.2) is 0 Å². The van der Waals surface area contributed by atoms with Gasteiger partial charge in [0.1, 0.15) is 5.82 Å². The molecule has 1 saturated carbocycles. The minimum absolute atomic E-state index is 0.0822. The molecule has 2 heterocycles. The van der Waals surface area contributed by atoms with Crippen molar-refractivity contribution >= 4 is 43.3 Å². The zero-order valence-corrected chi connectivity index (χ0v) is 27.1. The van der Waals surface area contributed by atoms with Gasteiger partial charge in [-0.15, -0.1) is 0 Å². The minimum Gasteiger partial charge on any atom is -0.481 e. The van der Waals surface area contributed by atoms with Crippen LogP contribution in [-0.2, 0) is 24.8 Å². The van der Waals surface area contributed by atoms with Crippen LogP contribution < -0.4 is 9.62 Å². The van der Waals surface area contributed by atoms with Crippen molar-refractivity contribution in [3.63, 3.8) is 0 Å². The smallest absolute Gasteiger partial charge is 0.306 e. The van der Waals surface area contributed by atoms with Gasteiger partial charge in [-0.3, -0.25) is 4.79 Å². The van der Waals surface area contributed by atoms with Gasteiger partial charge in [-0.2, -0.15) is 4.31 Å². The van der Waals surface area contributed by atoms with E-state index in [9.17, 15) is 31.1 Å². The van der Waals surface area contributed by atoms with E-state index in [1.165, 1.54) is 34.6 Å². The number of hydrogen-bond acceptors (Lipinski definition) is 6. The second-order valence-electron chi connectivity index (χ2n) is 12.4. The monoisotopic (exact) mass is 669 g/mol. The molecule has 2 saturated heterocycles. The number of carbonyl (C=O) groups is 1. The molecule has 1 unspecified atom stereocenters. The fraction of sp³-hybridized carbons (Fsp3) is 0.581. The number of benzene rings is 2. The van der Waals surface area contributed by atoms with Crippen molar-refractivity contribution in [2.24, 2.45) is 17.8 Å². The van der Waals surface area contributed by atoms with E-state index in [0.717, 1.165) is 63.7 Å². The van der Waals surface area contributed by atoms with Crippen molar-refractivity contribution in [1.82, 2.24) is 9.03 Å². The molecule has 2 N–H and O–H groups in total. The van der Waals surface area contributed by atoms with Crippen molar-refractivity contribution in [1.29, 1.82) is 0 Å². The Labute approximate surface area is 264 Å². The van der Waals surface area contributed by atoms with Gasteiger partial charge in [0, 0.05) is 32.2 Å². The van der Waals surface area contributed by atoms with Gasteiger partial charge in [-0.05, 0) is 99.2 Å². The molecule has 1 aliphatic carbocycles. The first kappa shape index (κ1) is 33.1. The van der Waals surface area contributed by atoms with E-state index in [0.29, 0.717) is 42.8 Å². The number of piperidine rings is 2. The summed E-state index contributed by atoms with van der Waals surface area (Å²) in [6, 6.07) is 9.42. The van der Waals surface area contributed by atoms with Crippen LogP contribution in [0.2, 0.25) is 5.02 Å². The molecule has 242 valence electrons. The second kappa shape index (κ2) is 14.0. The summed E-state index contributed by atoms with van der Waals surface area (Å²) in [4.78, 5) is 13.6. The summed E-state index contributed by atoms with van der Waals surface area (Å²) >= 11 is 6.57. The predicted molar refractivity (Wildman–Crippen MR) is 167 cm³/mol. The molecule has 3 aliphatic rings. The quantitative estimate of drug-likeness (QED) is 0.324. The normalized spacial score (nSPS) is 22.8. The average molecular weight is 670 g/mol. The van der Waals surface area contributed by atoms with Crippen LogP contribution in [0.15, 0.2) is 52.3 Å². The molecular formula is C31H41ClFN3O6S2. The number of nitrogens with zero attached hydrogens (tertiary/aromatic N) is 2. The molecule has 0 radical (unpaired) electrons. The van der Waals surface area contributed by atoms with E-state index in [1.54, 1.807) is 12.1 Å². The Kier molecular flexibility index (Phi) is 10.6. The molecule has 2 aromatic rings. The van der Waals surface area contributed by atoms with Crippen LogP contribution in [0.4, 0.5) is 10.1 Å². The number of aliphatic carboxylic acids is 1. The largest absolute Gasteiger partial charge is 0.481 e. The second-order valence-corrected chi connectivity index (χ2v) is 16.5. The molecule has 0 aromatic heterocycles. The summed E-state index contributed by atoms with van der Waals surface area (Å²) in [5.74, 6) is -0.749. The Balaban J connectivity index is 1.03. The fourth-order valence-corrected chi connectivity index (χ4v) is 10.0. The molecule has 5 rings (SSSR count). The Morgan fingerprint density at radius 3 is 2.02 bits per heavy atom. The van der Waals surface area contributed by atoms with Gasteiger partial charge in [0.05, 0.1) is 26.4 Å². The number of carboxylic acids is 1. The van der Waals surface area contributed by atoms with Crippen LogP contribution in [0.3, 0.4) is 0 Å². The molecule has 9 nitrogen and oxygen atoms in total. The highest BCUT2D eigenvalue weighted by atomic mass is 35.5. The highest BCUT2D eigenvalue weighted by Gasteiger charge is 2.33. The molecule has 0 bridgehead atoms. The average Bonchev–Trinajstić information content (AvgIpc) is 3.46. The van der Waals surface area contributed by atoms with E-state index < -0.39 is 43.8 Å². The molecule has 0 spiro atoms. The Hall–Kier alpha value is -2.25. The lowest BCUT2D eigenvalue weighted by Crippen LogP contribution is -2.38. The van der Waals surface area contributed by atoms with Crippen LogP contribution in [0.5, 0.6) is 0 Å². The standard InChI is InChI=1S/C31H41ClFN3O6S2/c32-29-21-28(43(39,40)34-26-7-4-24(20-26)31(37)38)10-11-30(29)35-16-12-22(13-17-35)2-1-3-23-14-18-36(19-15-23)44(41,42)27-8-5-25(33)6-9-27/h5-6,8-11,21-24,26,34H,1-4,7,12-20H2,(H,37,38)/t24-,26?/m1/s1. The first-order chi connectivity index (χ1) is 20.9. The molecule has 2 atom stereocenters. The SMILES string of the molecule is O=C(O)[C@@H]1CCC(NS(=O)(=O)c2ccc(N3CCC(CCCC4CCN(S(=O)(=O)c5ccc(F)cc5)CC4)CC3)c(Cl)c2)C1. The molecule has 2 aromatic carbocycles. The summed E-state index contributed by atoms with van der Waals surface area (Å²) in [6.45, 7) is 2.66. The van der Waals surface area contributed by atoms with Gasteiger partial charge in [0.25, 0.3) is 0 Å². The van der Waals surface area contributed by atoms with Crippen LogP contribution in [0.25, 0.3) is 0 Å². The Bertz CT molecular complexity index is 1520. The third-order valence-electron chi connectivity index (χ3n) is 9.54. The third kappa shape index (κ3) is 7.93. The van der Waals surface area contributed by atoms with Gasteiger partial charge in [-0.25, -0.2) is 25.9 Å². The zero-order chi connectivity index (χ0) is 31.5. The molecule has 0 amide bonds. The molecule has 44 heavy (non-hydrogen) atoms. The van der Waals surface area contributed by atoms with Gasteiger partial charge < -0.3 is 10.0 Å². The first-order valence-electron chi connectivity index (χ1n) is 15.5. The van der Waals surface area contributed by atoms with Gasteiger partial charge >= 0.3 is 5.97 Å². The van der Waals surface area contributed by atoms with E-state index in [4.69, 9.17) is 11.6 Å². The Morgan fingerprint density at radius 1 is 0.864 bits per heavy atom. The van der Waals surface area contributed by atoms with Crippen LogP contribution >= 0.6 is 11.6 Å². The molecule has 2 aliphatic heterocycles.